The van der Waals surface area contributed by atoms with Gasteiger partial charge >= 0.3 is 6.09 Å². The van der Waals surface area contributed by atoms with Crippen LogP contribution in [0.5, 0.6) is 0 Å². The lowest BCUT2D eigenvalue weighted by molar-refractivity contribution is 0.148. The molecule has 0 aromatic heterocycles. The molecule has 1 rings (SSSR count). The van der Waals surface area contributed by atoms with E-state index in [1.807, 2.05) is 0 Å². The Morgan fingerprint density at radius 2 is 1.93 bits per heavy atom. The lowest BCUT2D eigenvalue weighted by atomic mass is 10.2. The van der Waals surface area contributed by atoms with Gasteiger partial charge in [-0.25, -0.2) is 18.0 Å². The first kappa shape index (κ1) is 10.4. The van der Waals surface area contributed by atoms with E-state index in [-0.39, 0.29) is 5.56 Å². The summed E-state index contributed by atoms with van der Waals surface area (Å²) < 4.78 is 42.1. The third kappa shape index (κ3) is 2.15. The van der Waals surface area contributed by atoms with Crippen molar-refractivity contribution in [2.24, 2.45) is 5.73 Å². The fraction of sp³-hybridized carbons (Fsp3) is 0.125. The van der Waals surface area contributed by atoms with E-state index in [1.165, 1.54) is 0 Å². The van der Waals surface area contributed by atoms with Crippen LogP contribution < -0.4 is 5.73 Å². The van der Waals surface area contributed by atoms with Crippen LogP contribution in [0.2, 0.25) is 0 Å². The van der Waals surface area contributed by atoms with Crippen molar-refractivity contribution in [2.45, 2.75) is 6.61 Å². The number of carbonyl (C=O) groups is 1. The topological polar surface area (TPSA) is 52.3 Å². The first-order valence-electron chi connectivity index (χ1n) is 3.57. The van der Waals surface area contributed by atoms with Crippen LogP contribution in [0.15, 0.2) is 12.1 Å². The van der Waals surface area contributed by atoms with Crippen LogP contribution in [0.25, 0.3) is 0 Å². The molecule has 1 aromatic carbocycles. The minimum Gasteiger partial charge on any atom is -0.445 e. The highest BCUT2D eigenvalue weighted by Gasteiger charge is 2.13. The van der Waals surface area contributed by atoms with Crippen LogP contribution in [0.3, 0.4) is 0 Å². The summed E-state index contributed by atoms with van der Waals surface area (Å²) in [6.45, 7) is -0.529. The summed E-state index contributed by atoms with van der Waals surface area (Å²) in [5, 5.41) is 0. The number of halogens is 3. The average molecular weight is 205 g/mol. The monoisotopic (exact) mass is 205 g/mol. The third-order valence-electron chi connectivity index (χ3n) is 1.49. The zero-order chi connectivity index (χ0) is 10.7. The predicted molar refractivity (Wildman–Crippen MR) is 40.7 cm³/mol. The van der Waals surface area contributed by atoms with Crippen LogP contribution >= 0.6 is 0 Å². The molecule has 1 amide bonds. The molecule has 0 fully saturated rings. The number of hydrogen-bond acceptors (Lipinski definition) is 2. The molecule has 6 heteroatoms. The van der Waals surface area contributed by atoms with Gasteiger partial charge in [-0.3, -0.25) is 0 Å². The van der Waals surface area contributed by atoms with E-state index in [1.54, 1.807) is 0 Å². The van der Waals surface area contributed by atoms with Crippen molar-refractivity contribution in [1.29, 1.82) is 0 Å². The predicted octanol–water partition coefficient (Wildman–Crippen LogP) is 1.70. The molecule has 14 heavy (non-hydrogen) atoms. The number of nitrogens with two attached hydrogens (primary N) is 1. The summed E-state index contributed by atoms with van der Waals surface area (Å²) in [5.74, 6) is -4.29. The van der Waals surface area contributed by atoms with Crippen molar-refractivity contribution in [3.8, 4) is 0 Å². The summed E-state index contributed by atoms with van der Waals surface area (Å²) >= 11 is 0. The van der Waals surface area contributed by atoms with Crippen molar-refractivity contribution in [1.82, 2.24) is 0 Å². The van der Waals surface area contributed by atoms with Gasteiger partial charge in [0.25, 0.3) is 0 Å². The summed E-state index contributed by atoms with van der Waals surface area (Å²) in [6.07, 6.45) is -1.12. The Hall–Kier alpha value is -1.72. The van der Waals surface area contributed by atoms with Crippen molar-refractivity contribution >= 4 is 6.09 Å². The number of amides is 1. The van der Waals surface area contributed by atoms with Crippen LogP contribution in [-0.4, -0.2) is 6.09 Å². The highest BCUT2D eigenvalue weighted by molar-refractivity contribution is 5.64. The number of hydrogen-bond donors (Lipinski definition) is 1. The highest BCUT2D eigenvalue weighted by Crippen LogP contribution is 2.15. The fourth-order valence-electron chi connectivity index (χ4n) is 0.826. The second kappa shape index (κ2) is 3.99. The van der Waals surface area contributed by atoms with Gasteiger partial charge in [0.2, 0.25) is 0 Å². The maximum absolute atomic E-state index is 12.9. The molecular weight excluding hydrogens is 199 g/mol. The Morgan fingerprint density at radius 3 is 2.50 bits per heavy atom. The number of rotatable bonds is 2. The van der Waals surface area contributed by atoms with Gasteiger partial charge < -0.3 is 10.5 Å². The Morgan fingerprint density at radius 1 is 1.29 bits per heavy atom. The molecule has 0 saturated heterocycles. The average Bonchev–Trinajstić information content (AvgIpc) is 2.13. The lowest BCUT2D eigenvalue weighted by Gasteiger charge is -2.04. The smallest absolute Gasteiger partial charge is 0.404 e. The van der Waals surface area contributed by atoms with Gasteiger partial charge in [-0.15, -0.1) is 0 Å². The molecule has 0 spiro atoms. The van der Waals surface area contributed by atoms with Gasteiger partial charge in [0.1, 0.15) is 6.61 Å². The Kier molecular flexibility index (Phi) is 2.95. The van der Waals surface area contributed by atoms with Gasteiger partial charge in [0.05, 0.1) is 0 Å². The standard InChI is InChI=1S/C8H6F3NO2/c9-5-2-1-4(3-14-8(12)13)6(10)7(5)11/h1-2H,3H2,(H2,12,13). The molecule has 76 valence electrons. The van der Waals surface area contributed by atoms with Crippen molar-refractivity contribution in [3.63, 3.8) is 0 Å². The summed E-state index contributed by atoms with van der Waals surface area (Å²) in [4.78, 5) is 10.1. The third-order valence-corrected chi connectivity index (χ3v) is 1.49. The van der Waals surface area contributed by atoms with E-state index in [9.17, 15) is 18.0 Å². The lowest BCUT2D eigenvalue weighted by Crippen LogP contribution is -2.13. The van der Waals surface area contributed by atoms with Crippen LogP contribution in [0, 0.1) is 17.5 Å². The van der Waals surface area contributed by atoms with Gasteiger partial charge in [0.15, 0.2) is 17.5 Å². The zero-order valence-electron chi connectivity index (χ0n) is 6.89. The molecular formula is C8H6F3NO2. The van der Waals surface area contributed by atoms with Gasteiger partial charge in [-0.05, 0) is 12.1 Å². The van der Waals surface area contributed by atoms with E-state index < -0.39 is 30.2 Å². The summed E-state index contributed by atoms with van der Waals surface area (Å²) in [7, 11) is 0. The van der Waals surface area contributed by atoms with Crippen LogP contribution in [0.4, 0.5) is 18.0 Å². The minimum absolute atomic E-state index is 0.275. The van der Waals surface area contributed by atoms with Crippen molar-refractivity contribution in [3.05, 3.63) is 35.1 Å². The molecule has 0 aliphatic carbocycles. The first-order chi connectivity index (χ1) is 6.52. The molecule has 0 aliphatic rings. The molecule has 0 atom stereocenters. The number of benzene rings is 1. The Balaban J connectivity index is 2.88. The van der Waals surface area contributed by atoms with Gasteiger partial charge in [0, 0.05) is 5.56 Å². The Bertz CT molecular complexity index is 368. The molecule has 0 radical (unpaired) electrons. The first-order valence-corrected chi connectivity index (χ1v) is 3.57. The second-order valence-electron chi connectivity index (χ2n) is 2.44. The second-order valence-corrected chi connectivity index (χ2v) is 2.44. The minimum atomic E-state index is -1.60. The summed E-state index contributed by atoms with van der Waals surface area (Å²) in [6, 6.07) is 1.70. The molecule has 0 aliphatic heterocycles. The number of primary amides is 1. The molecule has 0 unspecified atom stereocenters. The van der Waals surface area contributed by atoms with E-state index in [0.29, 0.717) is 0 Å². The largest absolute Gasteiger partial charge is 0.445 e. The van der Waals surface area contributed by atoms with Gasteiger partial charge in [-0.2, -0.15) is 0 Å². The van der Waals surface area contributed by atoms with Crippen molar-refractivity contribution in [2.75, 3.05) is 0 Å². The van der Waals surface area contributed by atoms with Gasteiger partial charge in [-0.1, -0.05) is 0 Å². The normalized spacial score (nSPS) is 9.93. The fourth-order valence-corrected chi connectivity index (χ4v) is 0.826. The maximum Gasteiger partial charge on any atom is 0.404 e. The van der Waals surface area contributed by atoms with Crippen LogP contribution in [-0.2, 0) is 11.3 Å². The number of ether oxygens (including phenoxy) is 1. The SMILES string of the molecule is NC(=O)OCc1ccc(F)c(F)c1F. The molecule has 0 bridgehead atoms. The molecule has 0 heterocycles. The van der Waals surface area contributed by atoms with E-state index in [2.05, 4.69) is 10.5 Å². The summed E-state index contributed by atoms with van der Waals surface area (Å²) in [5.41, 5.74) is 4.33. The van der Waals surface area contributed by atoms with E-state index in [4.69, 9.17) is 0 Å². The number of carbonyl (C=O) groups excluding carboxylic acids is 1. The molecule has 1 aromatic rings. The van der Waals surface area contributed by atoms with Crippen LogP contribution in [0.1, 0.15) is 5.56 Å². The highest BCUT2D eigenvalue weighted by atomic mass is 19.2. The van der Waals surface area contributed by atoms with Crippen molar-refractivity contribution < 1.29 is 22.7 Å². The van der Waals surface area contributed by atoms with E-state index >= 15 is 0 Å². The quantitative estimate of drug-likeness (QED) is 0.747. The molecule has 0 saturated carbocycles. The zero-order valence-corrected chi connectivity index (χ0v) is 6.89. The molecule has 3 nitrogen and oxygen atoms in total. The molecule has 2 N–H and O–H groups in total. The van der Waals surface area contributed by atoms with E-state index in [0.717, 1.165) is 12.1 Å². The Labute approximate surface area is 77.3 Å². The maximum atomic E-state index is 12.9.